The quantitative estimate of drug-likeness (QED) is 0.395. The number of hydrogen-bond donors (Lipinski definition) is 3. The van der Waals surface area contributed by atoms with Crippen molar-refractivity contribution in [3.63, 3.8) is 0 Å². The van der Waals surface area contributed by atoms with Crippen LogP contribution in [0.15, 0.2) is 87.5 Å². The first kappa shape index (κ1) is 27.5. The second kappa shape index (κ2) is 9.73. The van der Waals surface area contributed by atoms with Crippen LogP contribution in [0.2, 0.25) is 5.02 Å². The van der Waals surface area contributed by atoms with E-state index in [4.69, 9.17) is 11.6 Å². The maximum atomic E-state index is 13.0. The van der Waals surface area contributed by atoms with Gasteiger partial charge in [-0.15, -0.1) is 0 Å². The molecule has 0 aliphatic carbocycles. The zero-order chi connectivity index (χ0) is 26.9. The summed E-state index contributed by atoms with van der Waals surface area (Å²) in [7, 11) is -8.07. The van der Waals surface area contributed by atoms with E-state index in [-0.39, 0.29) is 33.0 Å². The molecule has 0 saturated carbocycles. The van der Waals surface area contributed by atoms with Crippen LogP contribution in [0.3, 0.4) is 0 Å². The summed E-state index contributed by atoms with van der Waals surface area (Å²) in [5, 5.41) is 10.9. The highest BCUT2D eigenvalue weighted by molar-refractivity contribution is 7.92. The zero-order valence-electron chi connectivity index (χ0n) is 18.2. The Labute approximate surface area is 209 Å². The van der Waals surface area contributed by atoms with Crippen LogP contribution in [0.25, 0.3) is 0 Å². The first-order valence-electron chi connectivity index (χ1n) is 9.89. The maximum absolute atomic E-state index is 13.0. The molecule has 0 aliphatic heterocycles. The lowest BCUT2D eigenvalue weighted by Crippen LogP contribution is -2.52. The highest BCUT2D eigenvalue weighted by Crippen LogP contribution is 2.33. The molecule has 0 radical (unpaired) electrons. The average Bonchev–Trinajstić information content (AvgIpc) is 2.80. The number of alkyl halides is 3. The SMILES string of the molecule is C[C@@](O)(C(=O)Nc1ccc(S(=O)(=O)c2ccc(NS(=O)(=O)c3ccccc3)cc2)cc1Cl)C(F)(F)F. The highest BCUT2D eigenvalue weighted by atomic mass is 35.5. The molecule has 0 fully saturated rings. The van der Waals surface area contributed by atoms with Gasteiger partial charge in [-0.3, -0.25) is 9.52 Å². The van der Waals surface area contributed by atoms with Crippen LogP contribution in [-0.2, 0) is 24.7 Å². The van der Waals surface area contributed by atoms with Gasteiger partial charge in [0.1, 0.15) is 0 Å². The number of amides is 1. The van der Waals surface area contributed by atoms with Gasteiger partial charge in [0.25, 0.3) is 15.9 Å². The minimum absolute atomic E-state index is 0.0141. The van der Waals surface area contributed by atoms with Crippen molar-refractivity contribution in [3.05, 3.63) is 77.8 Å². The van der Waals surface area contributed by atoms with E-state index in [1.807, 2.05) is 5.32 Å². The fraction of sp³-hybridized carbons (Fsp3) is 0.136. The summed E-state index contributed by atoms with van der Waals surface area (Å²) in [6.45, 7) is 0.263. The third kappa shape index (κ3) is 5.64. The van der Waals surface area contributed by atoms with E-state index < -0.39 is 42.6 Å². The Bertz CT molecular complexity index is 1490. The molecule has 0 spiro atoms. The lowest BCUT2D eigenvalue weighted by atomic mass is 10.1. The average molecular weight is 563 g/mol. The Kier molecular flexibility index (Phi) is 7.42. The van der Waals surface area contributed by atoms with Crippen molar-refractivity contribution in [1.29, 1.82) is 0 Å². The molecule has 192 valence electrons. The van der Waals surface area contributed by atoms with Crippen LogP contribution < -0.4 is 10.0 Å². The number of anilines is 2. The molecule has 0 aromatic heterocycles. The summed E-state index contributed by atoms with van der Waals surface area (Å²) in [5.41, 5.74) is -3.95. The van der Waals surface area contributed by atoms with Crippen LogP contribution in [0.4, 0.5) is 24.5 Å². The number of benzene rings is 3. The van der Waals surface area contributed by atoms with Gasteiger partial charge in [0.05, 0.1) is 25.4 Å². The standard InChI is InChI=1S/C22H18ClF3N2O6S2/c1-21(30,22(24,25)26)20(29)27-19-12-11-17(13-18(19)23)35(31,32)15-9-7-14(8-10-15)28-36(33,34)16-5-3-2-4-6-16/h2-13,28,30H,1H3,(H,27,29)/t21-/m1/s1. The summed E-state index contributed by atoms with van der Waals surface area (Å²) in [5.74, 6) is -1.80. The number of rotatable bonds is 7. The van der Waals surface area contributed by atoms with E-state index in [1.54, 1.807) is 18.2 Å². The van der Waals surface area contributed by atoms with Crippen molar-refractivity contribution in [3.8, 4) is 0 Å². The molecule has 3 rings (SSSR count). The first-order chi connectivity index (χ1) is 16.6. The molecule has 36 heavy (non-hydrogen) atoms. The largest absolute Gasteiger partial charge is 0.426 e. The number of sulfone groups is 1. The van der Waals surface area contributed by atoms with Crippen LogP contribution in [0.5, 0.6) is 0 Å². The molecule has 3 aromatic carbocycles. The Balaban J connectivity index is 1.81. The molecule has 0 aliphatic rings. The Morgan fingerprint density at radius 3 is 1.94 bits per heavy atom. The Hall–Kier alpha value is -3.13. The van der Waals surface area contributed by atoms with Gasteiger partial charge in [0, 0.05) is 5.69 Å². The third-order valence-electron chi connectivity index (χ3n) is 4.96. The van der Waals surface area contributed by atoms with Crippen LogP contribution in [-0.4, -0.2) is 39.6 Å². The van der Waals surface area contributed by atoms with E-state index in [1.165, 1.54) is 24.3 Å². The van der Waals surface area contributed by atoms with Crippen LogP contribution in [0.1, 0.15) is 6.92 Å². The number of halogens is 4. The predicted molar refractivity (Wildman–Crippen MR) is 126 cm³/mol. The van der Waals surface area contributed by atoms with Gasteiger partial charge < -0.3 is 10.4 Å². The number of hydrogen-bond acceptors (Lipinski definition) is 6. The normalized spacial score (nSPS) is 14.1. The highest BCUT2D eigenvalue weighted by Gasteiger charge is 2.55. The van der Waals surface area contributed by atoms with Gasteiger partial charge in [0.15, 0.2) is 0 Å². The van der Waals surface area contributed by atoms with Crippen LogP contribution >= 0.6 is 11.6 Å². The summed E-state index contributed by atoms with van der Waals surface area (Å²) in [6.07, 6.45) is -5.26. The maximum Gasteiger partial charge on any atom is 0.426 e. The van der Waals surface area contributed by atoms with Gasteiger partial charge in [-0.1, -0.05) is 29.8 Å². The van der Waals surface area contributed by atoms with Crippen molar-refractivity contribution in [1.82, 2.24) is 0 Å². The molecule has 3 aromatic rings. The number of carbonyl (C=O) groups is 1. The molecular formula is C22H18ClF3N2O6S2. The third-order valence-corrected chi connectivity index (χ3v) is 8.44. The van der Waals surface area contributed by atoms with Crippen molar-refractivity contribution in [2.45, 2.75) is 33.4 Å². The van der Waals surface area contributed by atoms with E-state index in [0.717, 1.165) is 30.3 Å². The van der Waals surface area contributed by atoms with E-state index in [2.05, 4.69) is 4.72 Å². The van der Waals surface area contributed by atoms with E-state index in [9.17, 15) is 39.9 Å². The Morgan fingerprint density at radius 1 is 0.861 bits per heavy atom. The first-order valence-corrected chi connectivity index (χ1v) is 13.2. The molecule has 0 saturated heterocycles. The molecule has 0 bridgehead atoms. The number of aliphatic hydroxyl groups is 1. The lowest BCUT2D eigenvalue weighted by molar-refractivity contribution is -0.242. The van der Waals surface area contributed by atoms with Crippen molar-refractivity contribution < 1.29 is 39.9 Å². The number of nitrogens with one attached hydrogen (secondary N) is 2. The smallest absolute Gasteiger partial charge is 0.373 e. The minimum Gasteiger partial charge on any atom is -0.373 e. The van der Waals surface area contributed by atoms with Gasteiger partial charge >= 0.3 is 6.18 Å². The summed E-state index contributed by atoms with van der Waals surface area (Å²) >= 11 is 5.97. The van der Waals surface area contributed by atoms with Gasteiger partial charge in [-0.25, -0.2) is 16.8 Å². The van der Waals surface area contributed by atoms with E-state index in [0.29, 0.717) is 0 Å². The summed E-state index contributed by atoms with van der Waals surface area (Å²) in [4.78, 5) is 11.3. The fourth-order valence-corrected chi connectivity index (χ4v) is 5.45. The van der Waals surface area contributed by atoms with Crippen molar-refractivity contribution >= 4 is 48.7 Å². The second-order valence-corrected chi connectivity index (χ2v) is 11.7. The molecule has 3 N–H and O–H groups in total. The topological polar surface area (TPSA) is 130 Å². The molecular weight excluding hydrogens is 545 g/mol. The number of carbonyl (C=O) groups excluding carboxylic acids is 1. The molecule has 14 heteroatoms. The summed E-state index contributed by atoms with van der Waals surface area (Å²) < 4.78 is 91.6. The van der Waals surface area contributed by atoms with Crippen LogP contribution in [0, 0.1) is 0 Å². The van der Waals surface area contributed by atoms with Crippen molar-refractivity contribution in [2.24, 2.45) is 0 Å². The molecule has 8 nitrogen and oxygen atoms in total. The van der Waals surface area contributed by atoms with Gasteiger partial charge in [0.2, 0.25) is 15.4 Å². The van der Waals surface area contributed by atoms with Crippen molar-refractivity contribution in [2.75, 3.05) is 10.0 Å². The Morgan fingerprint density at radius 2 is 1.42 bits per heavy atom. The fourth-order valence-electron chi connectivity index (χ4n) is 2.79. The summed E-state index contributed by atoms with van der Waals surface area (Å²) in [6, 6.07) is 15.2. The van der Waals surface area contributed by atoms with Gasteiger partial charge in [-0.2, -0.15) is 13.2 Å². The van der Waals surface area contributed by atoms with Gasteiger partial charge in [-0.05, 0) is 61.5 Å². The molecule has 0 heterocycles. The monoisotopic (exact) mass is 562 g/mol. The second-order valence-electron chi connectivity index (χ2n) is 7.61. The van der Waals surface area contributed by atoms with E-state index >= 15 is 0 Å². The zero-order valence-corrected chi connectivity index (χ0v) is 20.6. The lowest BCUT2D eigenvalue weighted by Gasteiger charge is -2.25. The predicted octanol–water partition coefficient (Wildman–Crippen LogP) is 4.23. The minimum atomic E-state index is -5.26. The molecule has 0 unspecified atom stereocenters. The molecule has 1 atom stereocenters. The molecule has 1 amide bonds. The number of sulfonamides is 1.